The zero-order chi connectivity index (χ0) is 14.5. The lowest BCUT2D eigenvalue weighted by molar-refractivity contribution is 0.00290. The van der Waals surface area contributed by atoms with Gasteiger partial charge in [0.25, 0.3) is 0 Å². The van der Waals surface area contributed by atoms with E-state index in [1.807, 2.05) is 0 Å². The zero-order valence-electron chi connectivity index (χ0n) is 13.2. The Morgan fingerprint density at radius 2 is 1.74 bits per heavy atom. The van der Waals surface area contributed by atoms with Crippen molar-refractivity contribution in [1.29, 1.82) is 0 Å². The molecule has 0 rings (SSSR count). The van der Waals surface area contributed by atoms with Gasteiger partial charge in [-0.15, -0.1) is 0 Å². The first-order valence-corrected chi connectivity index (χ1v) is 7.68. The monoisotopic (exact) mass is 275 g/mol. The minimum Gasteiger partial charge on any atom is -0.389 e. The first kappa shape index (κ1) is 18.8. The average molecular weight is 275 g/mol. The van der Waals surface area contributed by atoms with E-state index in [0.717, 1.165) is 25.9 Å². The SMILES string of the molecule is CCCCOCCOCC(O)CNC(C)C(C)CC. The molecule has 0 aliphatic carbocycles. The Bertz CT molecular complexity index is 190. The molecule has 0 fully saturated rings. The Morgan fingerprint density at radius 3 is 2.37 bits per heavy atom. The van der Waals surface area contributed by atoms with Gasteiger partial charge < -0.3 is 19.9 Å². The van der Waals surface area contributed by atoms with Gasteiger partial charge in [-0.3, -0.25) is 0 Å². The normalized spacial score (nSPS) is 16.3. The van der Waals surface area contributed by atoms with E-state index in [2.05, 4.69) is 33.0 Å². The van der Waals surface area contributed by atoms with Crippen LogP contribution >= 0.6 is 0 Å². The van der Waals surface area contributed by atoms with Crippen LogP contribution in [0.2, 0.25) is 0 Å². The molecule has 0 aromatic heterocycles. The summed E-state index contributed by atoms with van der Waals surface area (Å²) >= 11 is 0. The third-order valence-corrected chi connectivity index (χ3v) is 3.50. The summed E-state index contributed by atoms with van der Waals surface area (Å²) in [5, 5.41) is 13.1. The van der Waals surface area contributed by atoms with Gasteiger partial charge in [0, 0.05) is 19.2 Å². The number of unbranched alkanes of at least 4 members (excludes halogenated alkanes) is 1. The summed E-state index contributed by atoms with van der Waals surface area (Å²) in [7, 11) is 0. The van der Waals surface area contributed by atoms with Gasteiger partial charge in [-0.1, -0.05) is 33.6 Å². The lowest BCUT2D eigenvalue weighted by atomic mass is 10.0. The van der Waals surface area contributed by atoms with Crippen LogP contribution in [0.4, 0.5) is 0 Å². The van der Waals surface area contributed by atoms with Crippen LogP contribution in [0.25, 0.3) is 0 Å². The average Bonchev–Trinajstić information content (AvgIpc) is 2.42. The van der Waals surface area contributed by atoms with Gasteiger partial charge >= 0.3 is 0 Å². The lowest BCUT2D eigenvalue weighted by Crippen LogP contribution is -2.39. The van der Waals surface area contributed by atoms with E-state index in [-0.39, 0.29) is 0 Å². The van der Waals surface area contributed by atoms with E-state index >= 15 is 0 Å². The summed E-state index contributed by atoms with van der Waals surface area (Å²) in [6.45, 7) is 11.6. The molecule has 0 bridgehead atoms. The summed E-state index contributed by atoms with van der Waals surface area (Å²) < 4.78 is 10.8. The van der Waals surface area contributed by atoms with Crippen LogP contribution in [0.1, 0.15) is 47.0 Å². The van der Waals surface area contributed by atoms with E-state index in [0.29, 0.717) is 38.3 Å². The van der Waals surface area contributed by atoms with Gasteiger partial charge in [-0.25, -0.2) is 0 Å². The number of hydrogen-bond donors (Lipinski definition) is 2. The Labute approximate surface area is 118 Å². The van der Waals surface area contributed by atoms with Crippen LogP contribution < -0.4 is 5.32 Å². The minimum atomic E-state index is -0.442. The van der Waals surface area contributed by atoms with E-state index in [1.165, 1.54) is 0 Å². The quantitative estimate of drug-likeness (QED) is 0.506. The lowest BCUT2D eigenvalue weighted by Gasteiger charge is -2.21. The minimum absolute atomic E-state index is 0.372. The molecule has 3 unspecified atom stereocenters. The molecular weight excluding hydrogens is 242 g/mol. The maximum Gasteiger partial charge on any atom is 0.0897 e. The molecule has 0 radical (unpaired) electrons. The highest BCUT2D eigenvalue weighted by molar-refractivity contribution is 4.69. The first-order valence-electron chi connectivity index (χ1n) is 7.68. The fourth-order valence-corrected chi connectivity index (χ4v) is 1.62. The highest BCUT2D eigenvalue weighted by atomic mass is 16.5. The highest BCUT2D eigenvalue weighted by Crippen LogP contribution is 2.06. The van der Waals surface area contributed by atoms with Gasteiger partial charge in [-0.2, -0.15) is 0 Å². The van der Waals surface area contributed by atoms with Crippen molar-refractivity contribution in [3.63, 3.8) is 0 Å². The molecule has 0 amide bonds. The molecule has 0 aromatic rings. The van der Waals surface area contributed by atoms with Gasteiger partial charge in [0.05, 0.1) is 25.9 Å². The Kier molecular flexibility index (Phi) is 12.7. The molecule has 3 atom stereocenters. The van der Waals surface area contributed by atoms with Crippen molar-refractivity contribution >= 4 is 0 Å². The number of nitrogens with one attached hydrogen (secondary N) is 1. The number of aliphatic hydroxyl groups excluding tert-OH is 1. The molecule has 0 saturated carbocycles. The third kappa shape index (κ3) is 11.4. The second kappa shape index (κ2) is 12.9. The molecule has 0 heterocycles. The summed E-state index contributed by atoms with van der Waals surface area (Å²) in [5.74, 6) is 0.625. The van der Waals surface area contributed by atoms with E-state index in [4.69, 9.17) is 9.47 Å². The number of aliphatic hydroxyl groups is 1. The second-order valence-corrected chi connectivity index (χ2v) is 5.28. The van der Waals surface area contributed by atoms with Gasteiger partial charge in [0.2, 0.25) is 0 Å². The molecule has 0 saturated heterocycles. The van der Waals surface area contributed by atoms with E-state index in [9.17, 15) is 5.11 Å². The summed E-state index contributed by atoms with van der Waals surface area (Å²) in [6.07, 6.45) is 2.96. The molecule has 116 valence electrons. The first-order chi connectivity index (χ1) is 9.11. The molecule has 0 aromatic carbocycles. The van der Waals surface area contributed by atoms with Gasteiger partial charge in [-0.05, 0) is 19.3 Å². The highest BCUT2D eigenvalue weighted by Gasteiger charge is 2.11. The Hall–Kier alpha value is -0.160. The predicted octanol–water partition coefficient (Wildman–Crippen LogP) is 2.20. The van der Waals surface area contributed by atoms with Crippen molar-refractivity contribution in [1.82, 2.24) is 5.32 Å². The van der Waals surface area contributed by atoms with Crippen molar-refractivity contribution < 1.29 is 14.6 Å². The van der Waals surface area contributed by atoms with E-state index < -0.39 is 6.10 Å². The third-order valence-electron chi connectivity index (χ3n) is 3.50. The van der Waals surface area contributed by atoms with Gasteiger partial charge in [0.1, 0.15) is 0 Å². The number of rotatable bonds is 13. The van der Waals surface area contributed by atoms with Crippen LogP contribution in [0, 0.1) is 5.92 Å². The van der Waals surface area contributed by atoms with E-state index in [1.54, 1.807) is 0 Å². The molecular formula is C15H33NO3. The Balaban J connectivity index is 3.37. The van der Waals surface area contributed by atoms with Crippen LogP contribution in [-0.4, -0.2) is 50.2 Å². The second-order valence-electron chi connectivity index (χ2n) is 5.28. The molecule has 4 heteroatoms. The fourth-order valence-electron chi connectivity index (χ4n) is 1.62. The molecule has 0 aliphatic rings. The Morgan fingerprint density at radius 1 is 1.05 bits per heavy atom. The summed E-state index contributed by atoms with van der Waals surface area (Å²) in [4.78, 5) is 0. The van der Waals surface area contributed by atoms with Crippen LogP contribution in [0.3, 0.4) is 0 Å². The summed E-state index contributed by atoms with van der Waals surface area (Å²) in [5.41, 5.74) is 0. The maximum atomic E-state index is 9.76. The van der Waals surface area contributed by atoms with Crippen molar-refractivity contribution in [2.45, 2.75) is 59.1 Å². The molecule has 4 nitrogen and oxygen atoms in total. The number of ether oxygens (including phenoxy) is 2. The molecule has 0 aliphatic heterocycles. The maximum absolute atomic E-state index is 9.76. The fraction of sp³-hybridized carbons (Fsp3) is 1.00. The molecule has 0 spiro atoms. The van der Waals surface area contributed by atoms with Crippen molar-refractivity contribution in [3.8, 4) is 0 Å². The summed E-state index contributed by atoms with van der Waals surface area (Å²) in [6, 6.07) is 0.428. The van der Waals surface area contributed by atoms with Crippen LogP contribution in [0.5, 0.6) is 0 Å². The largest absolute Gasteiger partial charge is 0.389 e. The molecule has 2 N–H and O–H groups in total. The molecule has 19 heavy (non-hydrogen) atoms. The van der Waals surface area contributed by atoms with Gasteiger partial charge in [0.15, 0.2) is 0 Å². The topological polar surface area (TPSA) is 50.7 Å². The smallest absolute Gasteiger partial charge is 0.0897 e. The van der Waals surface area contributed by atoms with Crippen molar-refractivity contribution in [3.05, 3.63) is 0 Å². The predicted molar refractivity (Wildman–Crippen MR) is 79.5 cm³/mol. The van der Waals surface area contributed by atoms with Crippen molar-refractivity contribution in [2.24, 2.45) is 5.92 Å². The zero-order valence-corrected chi connectivity index (χ0v) is 13.2. The number of hydrogen-bond acceptors (Lipinski definition) is 4. The van der Waals surface area contributed by atoms with Crippen molar-refractivity contribution in [2.75, 3.05) is 33.0 Å². The standard InChI is InChI=1S/C15H33NO3/c1-5-7-8-18-9-10-19-12-15(17)11-16-14(4)13(3)6-2/h13-17H,5-12H2,1-4H3. The van der Waals surface area contributed by atoms with Crippen LogP contribution in [-0.2, 0) is 9.47 Å². The van der Waals surface area contributed by atoms with Crippen LogP contribution in [0.15, 0.2) is 0 Å².